The lowest BCUT2D eigenvalue weighted by molar-refractivity contribution is 0.0535. The minimum atomic E-state index is -0.309. The molecule has 2 amide bonds. The third kappa shape index (κ3) is 6.04. The summed E-state index contributed by atoms with van der Waals surface area (Å²) < 4.78 is 16.4. The van der Waals surface area contributed by atoms with Gasteiger partial charge in [0.1, 0.15) is 0 Å². The van der Waals surface area contributed by atoms with Crippen molar-refractivity contribution in [3.8, 4) is 11.5 Å². The van der Waals surface area contributed by atoms with Crippen molar-refractivity contribution in [3.05, 3.63) is 23.8 Å². The predicted octanol–water partition coefficient (Wildman–Crippen LogP) is 3.42. The Kier molecular flexibility index (Phi) is 8.42. The quantitative estimate of drug-likeness (QED) is 0.634. The van der Waals surface area contributed by atoms with Gasteiger partial charge in [0.05, 0.1) is 20.3 Å². The Morgan fingerprint density at radius 1 is 1.07 bits per heavy atom. The number of amides is 2. The molecule has 0 atom stereocenters. The first-order valence-electron chi connectivity index (χ1n) is 9.98. The summed E-state index contributed by atoms with van der Waals surface area (Å²) in [5, 5.41) is 0. The predicted molar refractivity (Wildman–Crippen MR) is 107 cm³/mol. The average molecular weight is 392 g/mol. The first kappa shape index (κ1) is 21.9. The van der Waals surface area contributed by atoms with Gasteiger partial charge in [-0.3, -0.25) is 4.79 Å². The average Bonchev–Trinajstić information content (AvgIpc) is 2.71. The van der Waals surface area contributed by atoms with Crippen LogP contribution in [0.15, 0.2) is 18.2 Å². The summed E-state index contributed by atoms with van der Waals surface area (Å²) in [7, 11) is 1.57. The summed E-state index contributed by atoms with van der Waals surface area (Å²) >= 11 is 0. The number of piperazine rings is 1. The van der Waals surface area contributed by atoms with Crippen molar-refractivity contribution in [2.24, 2.45) is 5.92 Å². The lowest BCUT2D eigenvalue weighted by Crippen LogP contribution is -2.50. The largest absolute Gasteiger partial charge is 0.493 e. The topological polar surface area (TPSA) is 68.3 Å². The minimum absolute atomic E-state index is 0.0754. The van der Waals surface area contributed by atoms with E-state index >= 15 is 0 Å². The van der Waals surface area contributed by atoms with Gasteiger partial charge < -0.3 is 24.0 Å². The van der Waals surface area contributed by atoms with Gasteiger partial charge in [0, 0.05) is 31.7 Å². The highest BCUT2D eigenvalue weighted by atomic mass is 16.6. The maximum absolute atomic E-state index is 12.8. The van der Waals surface area contributed by atoms with Crippen molar-refractivity contribution in [1.29, 1.82) is 0 Å². The first-order chi connectivity index (χ1) is 13.5. The Balaban J connectivity index is 1.93. The Bertz CT molecular complexity index is 654. The molecule has 0 bridgehead atoms. The van der Waals surface area contributed by atoms with E-state index in [0.717, 1.165) is 12.8 Å². The number of hydrogen-bond acceptors (Lipinski definition) is 5. The molecule has 0 radical (unpaired) electrons. The third-order valence-electron chi connectivity index (χ3n) is 4.53. The van der Waals surface area contributed by atoms with E-state index in [0.29, 0.717) is 62.4 Å². The van der Waals surface area contributed by atoms with Crippen LogP contribution in [0.1, 0.15) is 44.0 Å². The van der Waals surface area contributed by atoms with Crippen molar-refractivity contribution < 1.29 is 23.8 Å². The van der Waals surface area contributed by atoms with E-state index < -0.39 is 0 Å². The molecule has 7 nitrogen and oxygen atoms in total. The number of benzene rings is 1. The highest BCUT2D eigenvalue weighted by molar-refractivity contribution is 5.95. The monoisotopic (exact) mass is 392 g/mol. The van der Waals surface area contributed by atoms with Gasteiger partial charge in [0.15, 0.2) is 11.5 Å². The Morgan fingerprint density at radius 2 is 1.75 bits per heavy atom. The van der Waals surface area contributed by atoms with E-state index in [-0.39, 0.29) is 12.0 Å². The van der Waals surface area contributed by atoms with Gasteiger partial charge in [0.2, 0.25) is 0 Å². The van der Waals surface area contributed by atoms with E-state index in [1.165, 1.54) is 0 Å². The standard InChI is InChI=1S/C21H32N2O5/c1-5-6-13-27-18-8-7-17(14-19(18)26-4)20(24)22-9-11-23(12-10-22)21(25)28-15-16(2)3/h7-8,14,16H,5-6,9-13,15H2,1-4H3. The van der Waals surface area contributed by atoms with Crippen LogP contribution in [-0.4, -0.2) is 68.3 Å². The van der Waals surface area contributed by atoms with E-state index in [1.807, 2.05) is 13.8 Å². The molecular formula is C21H32N2O5. The molecule has 1 heterocycles. The van der Waals surface area contributed by atoms with Crippen molar-refractivity contribution in [1.82, 2.24) is 9.80 Å². The van der Waals surface area contributed by atoms with Gasteiger partial charge in [-0.2, -0.15) is 0 Å². The Morgan fingerprint density at radius 3 is 2.36 bits per heavy atom. The molecule has 7 heteroatoms. The first-order valence-corrected chi connectivity index (χ1v) is 9.98. The second-order valence-electron chi connectivity index (χ2n) is 7.32. The van der Waals surface area contributed by atoms with E-state index in [2.05, 4.69) is 6.92 Å². The molecule has 0 spiro atoms. The molecule has 0 aromatic heterocycles. The molecule has 0 aliphatic carbocycles. The second kappa shape index (κ2) is 10.8. The van der Waals surface area contributed by atoms with Crippen LogP contribution >= 0.6 is 0 Å². The maximum Gasteiger partial charge on any atom is 0.409 e. The summed E-state index contributed by atoms with van der Waals surface area (Å²) in [6.07, 6.45) is 1.71. The number of hydrogen-bond donors (Lipinski definition) is 0. The van der Waals surface area contributed by atoms with Crippen LogP contribution in [0.3, 0.4) is 0 Å². The van der Waals surface area contributed by atoms with Crippen LogP contribution in [-0.2, 0) is 4.74 Å². The molecule has 1 saturated heterocycles. The molecule has 0 unspecified atom stereocenters. The number of unbranched alkanes of at least 4 members (excludes halogenated alkanes) is 1. The van der Waals surface area contributed by atoms with Crippen molar-refractivity contribution in [3.63, 3.8) is 0 Å². The second-order valence-corrected chi connectivity index (χ2v) is 7.32. The normalized spacial score (nSPS) is 14.2. The maximum atomic E-state index is 12.8. The van der Waals surface area contributed by atoms with Crippen LogP contribution < -0.4 is 9.47 Å². The molecule has 1 aromatic carbocycles. The van der Waals surface area contributed by atoms with Gasteiger partial charge in [-0.05, 0) is 30.5 Å². The molecule has 0 N–H and O–H groups in total. The SMILES string of the molecule is CCCCOc1ccc(C(=O)N2CCN(C(=O)OCC(C)C)CC2)cc1OC. The van der Waals surface area contributed by atoms with Gasteiger partial charge >= 0.3 is 6.09 Å². The fourth-order valence-electron chi connectivity index (χ4n) is 2.85. The van der Waals surface area contributed by atoms with Gasteiger partial charge in [-0.15, -0.1) is 0 Å². The zero-order valence-electron chi connectivity index (χ0n) is 17.4. The number of methoxy groups -OCH3 is 1. The zero-order chi connectivity index (χ0) is 20.5. The molecule has 28 heavy (non-hydrogen) atoms. The molecule has 0 saturated carbocycles. The fraction of sp³-hybridized carbons (Fsp3) is 0.619. The Labute approximate surface area is 167 Å². The van der Waals surface area contributed by atoms with Gasteiger partial charge in [0.25, 0.3) is 5.91 Å². The van der Waals surface area contributed by atoms with E-state index in [1.54, 1.807) is 35.1 Å². The number of nitrogens with zero attached hydrogens (tertiary/aromatic N) is 2. The number of carbonyl (C=O) groups is 2. The van der Waals surface area contributed by atoms with E-state index in [9.17, 15) is 9.59 Å². The molecule has 1 aliphatic rings. The summed E-state index contributed by atoms with van der Waals surface area (Å²) in [6, 6.07) is 5.25. The zero-order valence-corrected chi connectivity index (χ0v) is 17.4. The van der Waals surface area contributed by atoms with Crippen LogP contribution in [0, 0.1) is 5.92 Å². The highest BCUT2D eigenvalue weighted by Gasteiger charge is 2.26. The van der Waals surface area contributed by atoms with Crippen LogP contribution in [0.2, 0.25) is 0 Å². The number of ether oxygens (including phenoxy) is 3. The number of carbonyl (C=O) groups excluding carboxylic acids is 2. The van der Waals surface area contributed by atoms with Crippen molar-refractivity contribution in [2.75, 3.05) is 46.5 Å². The van der Waals surface area contributed by atoms with Crippen LogP contribution in [0.5, 0.6) is 11.5 Å². The molecular weight excluding hydrogens is 360 g/mol. The molecule has 156 valence electrons. The van der Waals surface area contributed by atoms with Crippen LogP contribution in [0.4, 0.5) is 4.79 Å². The summed E-state index contributed by atoms with van der Waals surface area (Å²) in [4.78, 5) is 28.3. The summed E-state index contributed by atoms with van der Waals surface area (Å²) in [6.45, 7) is 9.03. The lowest BCUT2D eigenvalue weighted by atomic mass is 10.1. The molecule has 1 fully saturated rings. The van der Waals surface area contributed by atoms with Crippen molar-refractivity contribution >= 4 is 12.0 Å². The third-order valence-corrected chi connectivity index (χ3v) is 4.53. The lowest BCUT2D eigenvalue weighted by Gasteiger charge is -2.34. The fourth-order valence-corrected chi connectivity index (χ4v) is 2.85. The molecule has 1 aliphatic heterocycles. The minimum Gasteiger partial charge on any atom is -0.493 e. The summed E-state index contributed by atoms with van der Waals surface area (Å²) in [5.41, 5.74) is 0.551. The molecule has 2 rings (SSSR count). The van der Waals surface area contributed by atoms with Crippen LogP contribution in [0.25, 0.3) is 0 Å². The van der Waals surface area contributed by atoms with Crippen molar-refractivity contribution in [2.45, 2.75) is 33.6 Å². The smallest absolute Gasteiger partial charge is 0.409 e. The van der Waals surface area contributed by atoms with E-state index in [4.69, 9.17) is 14.2 Å². The summed E-state index contributed by atoms with van der Waals surface area (Å²) in [5.74, 6) is 1.42. The van der Waals surface area contributed by atoms with Gasteiger partial charge in [-0.1, -0.05) is 27.2 Å². The highest BCUT2D eigenvalue weighted by Crippen LogP contribution is 2.29. The molecule has 1 aromatic rings. The van der Waals surface area contributed by atoms with Gasteiger partial charge in [-0.25, -0.2) is 4.79 Å². The Hall–Kier alpha value is -2.44. The number of rotatable bonds is 8.